The van der Waals surface area contributed by atoms with Crippen LogP contribution < -0.4 is 5.73 Å². The minimum absolute atomic E-state index is 0. The van der Waals surface area contributed by atoms with E-state index < -0.39 is 18.1 Å². The molecule has 146 valence electrons. The Kier molecular flexibility index (Phi) is 22.9. The summed E-state index contributed by atoms with van der Waals surface area (Å²) >= 11 is 0. The molecule has 0 aliphatic heterocycles. The maximum atomic E-state index is 11.4. The molecule has 0 aromatic rings. The van der Waals surface area contributed by atoms with E-state index in [0.717, 1.165) is 12.8 Å². The second kappa shape index (κ2) is 20.7. The SMILES string of the molecule is CCCCCCCCCCCCCCCCOC(=O)[C@@H](N)[C@@H](C)O.[NaH]. The number of esters is 1. The summed E-state index contributed by atoms with van der Waals surface area (Å²) in [4.78, 5) is 11.4. The van der Waals surface area contributed by atoms with Crippen molar-refractivity contribution in [3.8, 4) is 0 Å². The first-order valence-corrected chi connectivity index (χ1v) is 10.2. The summed E-state index contributed by atoms with van der Waals surface area (Å²) in [6.45, 7) is 4.18. The number of ether oxygens (including phenoxy) is 1. The molecule has 0 aromatic carbocycles. The van der Waals surface area contributed by atoms with Crippen molar-refractivity contribution in [2.75, 3.05) is 6.61 Å². The van der Waals surface area contributed by atoms with Crippen LogP contribution in [0.15, 0.2) is 0 Å². The zero-order valence-corrected chi connectivity index (χ0v) is 16.1. The van der Waals surface area contributed by atoms with E-state index in [-0.39, 0.29) is 29.6 Å². The molecular weight excluding hydrogens is 325 g/mol. The Morgan fingerprint density at radius 3 is 1.56 bits per heavy atom. The summed E-state index contributed by atoms with van der Waals surface area (Å²) in [6, 6.07) is -0.920. The Bertz CT molecular complexity index is 288. The van der Waals surface area contributed by atoms with Gasteiger partial charge in [0.2, 0.25) is 0 Å². The molecule has 0 aliphatic rings. The molecule has 0 aliphatic carbocycles. The summed E-state index contributed by atoms with van der Waals surface area (Å²) in [7, 11) is 0. The first-order valence-electron chi connectivity index (χ1n) is 10.2. The van der Waals surface area contributed by atoms with E-state index in [2.05, 4.69) is 6.92 Å². The van der Waals surface area contributed by atoms with Crippen molar-refractivity contribution >= 4 is 35.5 Å². The van der Waals surface area contributed by atoms with Gasteiger partial charge in [-0.3, -0.25) is 4.79 Å². The molecule has 0 heterocycles. The van der Waals surface area contributed by atoms with Gasteiger partial charge in [0.15, 0.2) is 0 Å². The molecule has 2 atom stereocenters. The Morgan fingerprint density at radius 2 is 1.20 bits per heavy atom. The van der Waals surface area contributed by atoms with Crippen LogP contribution >= 0.6 is 0 Å². The Balaban J connectivity index is 0. The van der Waals surface area contributed by atoms with E-state index in [4.69, 9.17) is 10.5 Å². The van der Waals surface area contributed by atoms with Gasteiger partial charge in [-0.15, -0.1) is 0 Å². The van der Waals surface area contributed by atoms with Gasteiger partial charge < -0.3 is 15.6 Å². The van der Waals surface area contributed by atoms with Gasteiger partial charge in [-0.25, -0.2) is 0 Å². The van der Waals surface area contributed by atoms with Gasteiger partial charge in [0.05, 0.1) is 12.7 Å². The summed E-state index contributed by atoms with van der Waals surface area (Å²) in [6.07, 6.45) is 17.4. The maximum absolute atomic E-state index is 11.4. The molecule has 0 radical (unpaired) electrons. The number of rotatable bonds is 17. The topological polar surface area (TPSA) is 72.5 Å². The first kappa shape index (κ1) is 27.6. The number of hydrogen-bond donors (Lipinski definition) is 2. The van der Waals surface area contributed by atoms with E-state index in [1.54, 1.807) is 0 Å². The third-order valence-electron chi connectivity index (χ3n) is 4.53. The summed E-state index contributed by atoms with van der Waals surface area (Å²) < 4.78 is 5.05. The fraction of sp³-hybridized carbons (Fsp3) is 0.950. The number of unbranched alkanes of at least 4 members (excludes halogenated alkanes) is 13. The van der Waals surface area contributed by atoms with Crippen molar-refractivity contribution in [2.24, 2.45) is 5.73 Å². The number of carbonyl (C=O) groups excluding carboxylic acids is 1. The standard InChI is InChI=1S/C20H41NO3.Na.H/c1-3-4-5-6-7-8-9-10-11-12-13-14-15-16-17-24-20(23)19(21)18(2)22;;/h18-19,22H,3-17,21H2,1-2H3;;/t18-,19+;;/m1../s1. The first-order chi connectivity index (χ1) is 11.6. The van der Waals surface area contributed by atoms with Crippen LogP contribution in [0.25, 0.3) is 0 Å². The number of hydrogen-bond acceptors (Lipinski definition) is 4. The quantitative estimate of drug-likeness (QED) is 0.231. The van der Waals surface area contributed by atoms with Gasteiger partial charge in [-0.05, 0) is 13.3 Å². The van der Waals surface area contributed by atoms with Gasteiger partial charge in [-0.1, -0.05) is 90.4 Å². The van der Waals surface area contributed by atoms with Crippen LogP contribution in [-0.4, -0.2) is 59.4 Å². The van der Waals surface area contributed by atoms with Gasteiger partial charge in [0.1, 0.15) is 6.04 Å². The second-order valence-electron chi connectivity index (χ2n) is 7.03. The molecule has 0 unspecified atom stereocenters. The van der Waals surface area contributed by atoms with E-state index in [9.17, 15) is 9.90 Å². The van der Waals surface area contributed by atoms with Gasteiger partial charge >= 0.3 is 35.5 Å². The average Bonchev–Trinajstić information content (AvgIpc) is 2.57. The Hall–Kier alpha value is 0.390. The molecule has 5 heteroatoms. The molecule has 0 rings (SSSR count). The van der Waals surface area contributed by atoms with Crippen LogP contribution in [0.2, 0.25) is 0 Å². The molecule has 0 fully saturated rings. The number of aliphatic hydroxyl groups excluding tert-OH is 1. The third-order valence-corrected chi connectivity index (χ3v) is 4.53. The monoisotopic (exact) mass is 367 g/mol. The molecule has 4 nitrogen and oxygen atoms in total. The van der Waals surface area contributed by atoms with E-state index in [1.165, 1.54) is 84.0 Å². The fourth-order valence-electron chi connectivity index (χ4n) is 2.76. The molecular formula is C20H42NNaO3. The molecule has 0 saturated carbocycles. The zero-order chi connectivity index (χ0) is 18.0. The summed E-state index contributed by atoms with van der Waals surface area (Å²) in [5, 5.41) is 9.19. The van der Waals surface area contributed by atoms with Gasteiger partial charge in [0.25, 0.3) is 0 Å². The molecule has 0 spiro atoms. The van der Waals surface area contributed by atoms with E-state index in [1.807, 2.05) is 0 Å². The fourth-order valence-corrected chi connectivity index (χ4v) is 2.76. The molecule has 0 saturated heterocycles. The van der Waals surface area contributed by atoms with Crippen molar-refractivity contribution in [3.63, 3.8) is 0 Å². The van der Waals surface area contributed by atoms with E-state index in [0.29, 0.717) is 6.61 Å². The Morgan fingerprint density at radius 1 is 0.840 bits per heavy atom. The van der Waals surface area contributed by atoms with Gasteiger partial charge in [0, 0.05) is 0 Å². The number of carbonyl (C=O) groups is 1. The predicted octanol–water partition coefficient (Wildman–Crippen LogP) is 4.07. The molecule has 3 N–H and O–H groups in total. The van der Waals surface area contributed by atoms with Crippen LogP contribution in [0.3, 0.4) is 0 Å². The number of nitrogens with two attached hydrogens (primary N) is 1. The van der Waals surface area contributed by atoms with Crippen molar-refractivity contribution in [1.82, 2.24) is 0 Å². The van der Waals surface area contributed by atoms with Crippen LogP contribution in [0.4, 0.5) is 0 Å². The third kappa shape index (κ3) is 19.0. The average molecular weight is 368 g/mol. The predicted molar refractivity (Wildman–Crippen MR) is 108 cm³/mol. The van der Waals surface area contributed by atoms with Crippen molar-refractivity contribution < 1.29 is 14.6 Å². The number of aliphatic hydroxyl groups is 1. The van der Waals surface area contributed by atoms with Crippen LogP contribution in [0, 0.1) is 0 Å². The van der Waals surface area contributed by atoms with Crippen molar-refractivity contribution in [3.05, 3.63) is 0 Å². The molecule has 0 aromatic heterocycles. The molecule has 25 heavy (non-hydrogen) atoms. The Labute approximate surface area is 177 Å². The van der Waals surface area contributed by atoms with Crippen LogP contribution in [-0.2, 0) is 9.53 Å². The van der Waals surface area contributed by atoms with Gasteiger partial charge in [-0.2, -0.15) is 0 Å². The zero-order valence-electron chi connectivity index (χ0n) is 16.1. The van der Waals surface area contributed by atoms with Crippen LogP contribution in [0.1, 0.15) is 104 Å². The minimum atomic E-state index is -0.920. The van der Waals surface area contributed by atoms with Crippen molar-refractivity contribution in [2.45, 2.75) is 116 Å². The normalized spacial score (nSPS) is 13.1. The van der Waals surface area contributed by atoms with Crippen molar-refractivity contribution in [1.29, 1.82) is 0 Å². The van der Waals surface area contributed by atoms with E-state index >= 15 is 0 Å². The second-order valence-corrected chi connectivity index (χ2v) is 7.03. The van der Waals surface area contributed by atoms with Crippen LogP contribution in [0.5, 0.6) is 0 Å². The summed E-state index contributed by atoms with van der Waals surface area (Å²) in [5.41, 5.74) is 5.50. The molecule has 0 bridgehead atoms. The summed E-state index contributed by atoms with van der Waals surface area (Å²) in [5.74, 6) is -0.500. The molecule has 0 amide bonds.